The maximum atomic E-state index is 11.5. The van der Waals surface area contributed by atoms with Gasteiger partial charge in [-0.1, -0.05) is 55.2 Å². The summed E-state index contributed by atoms with van der Waals surface area (Å²) < 4.78 is 5.70. The van der Waals surface area contributed by atoms with Crippen LogP contribution in [0.15, 0.2) is 40.8 Å². The van der Waals surface area contributed by atoms with E-state index in [0.717, 1.165) is 16.5 Å². The SMILES string of the molecule is CC(C)c1c(C(=O)O)oc2c(-c3cc(Cl)cc(Cl)c3)cccc12. The number of para-hydroxylation sites is 1. The van der Waals surface area contributed by atoms with E-state index in [1.54, 1.807) is 18.2 Å². The summed E-state index contributed by atoms with van der Waals surface area (Å²) in [6.07, 6.45) is 0. The lowest BCUT2D eigenvalue weighted by molar-refractivity contribution is 0.0663. The van der Waals surface area contributed by atoms with Gasteiger partial charge in [0.2, 0.25) is 5.76 Å². The van der Waals surface area contributed by atoms with Crippen LogP contribution in [0.1, 0.15) is 35.9 Å². The van der Waals surface area contributed by atoms with E-state index in [0.29, 0.717) is 21.2 Å². The van der Waals surface area contributed by atoms with Crippen molar-refractivity contribution < 1.29 is 14.3 Å². The maximum Gasteiger partial charge on any atom is 0.372 e. The number of hydrogen-bond donors (Lipinski definition) is 1. The Hall–Kier alpha value is -1.97. The lowest BCUT2D eigenvalue weighted by Crippen LogP contribution is -2.00. The van der Waals surface area contributed by atoms with Gasteiger partial charge in [-0.15, -0.1) is 0 Å². The molecule has 23 heavy (non-hydrogen) atoms. The normalized spacial score (nSPS) is 11.3. The van der Waals surface area contributed by atoms with Gasteiger partial charge in [-0.25, -0.2) is 4.79 Å². The van der Waals surface area contributed by atoms with Gasteiger partial charge in [-0.2, -0.15) is 0 Å². The zero-order chi connectivity index (χ0) is 16.7. The number of benzene rings is 2. The maximum absolute atomic E-state index is 11.5. The number of aromatic carboxylic acids is 1. The highest BCUT2D eigenvalue weighted by Crippen LogP contribution is 2.38. The first kappa shape index (κ1) is 15.9. The summed E-state index contributed by atoms with van der Waals surface area (Å²) in [5, 5.41) is 11.3. The minimum Gasteiger partial charge on any atom is -0.475 e. The molecule has 0 aliphatic rings. The van der Waals surface area contributed by atoms with Crippen LogP contribution in [0.3, 0.4) is 0 Å². The molecular formula is C18H14Cl2O3. The molecule has 0 aliphatic carbocycles. The van der Waals surface area contributed by atoms with Gasteiger partial charge in [0.1, 0.15) is 5.58 Å². The van der Waals surface area contributed by atoms with Gasteiger partial charge in [0, 0.05) is 26.6 Å². The standard InChI is InChI=1S/C18H14Cl2O3/c1-9(2)15-14-5-3-4-13(16(14)23-17(15)18(21)22)10-6-11(19)8-12(20)7-10/h3-9H,1-2H3,(H,21,22). The average molecular weight is 349 g/mol. The minimum atomic E-state index is -1.07. The molecule has 0 saturated heterocycles. The molecule has 1 N–H and O–H groups in total. The lowest BCUT2D eigenvalue weighted by atomic mass is 9.96. The highest BCUT2D eigenvalue weighted by atomic mass is 35.5. The molecule has 3 nitrogen and oxygen atoms in total. The first-order chi connectivity index (χ1) is 10.9. The quantitative estimate of drug-likeness (QED) is 0.610. The molecule has 3 aromatic rings. The van der Waals surface area contributed by atoms with Gasteiger partial charge in [0.15, 0.2) is 0 Å². The number of carbonyl (C=O) groups is 1. The van der Waals surface area contributed by atoms with E-state index in [-0.39, 0.29) is 11.7 Å². The highest BCUT2D eigenvalue weighted by molar-refractivity contribution is 6.35. The first-order valence-electron chi connectivity index (χ1n) is 7.13. The summed E-state index contributed by atoms with van der Waals surface area (Å²) in [6.45, 7) is 3.89. The average Bonchev–Trinajstić information content (AvgIpc) is 2.85. The number of rotatable bonds is 3. The molecule has 0 fully saturated rings. The smallest absolute Gasteiger partial charge is 0.372 e. The lowest BCUT2D eigenvalue weighted by Gasteiger charge is -2.06. The fraction of sp³-hybridized carbons (Fsp3) is 0.167. The van der Waals surface area contributed by atoms with Crippen LogP contribution in [0.4, 0.5) is 0 Å². The first-order valence-corrected chi connectivity index (χ1v) is 7.89. The second-order valence-electron chi connectivity index (χ2n) is 5.65. The van der Waals surface area contributed by atoms with Crippen LogP contribution < -0.4 is 0 Å². The number of carboxylic acid groups (broad SMARTS) is 1. The Balaban J connectivity index is 2.35. The monoisotopic (exact) mass is 348 g/mol. The summed E-state index contributed by atoms with van der Waals surface area (Å²) in [5.41, 5.74) is 2.78. The van der Waals surface area contributed by atoms with Crippen LogP contribution in [0, 0.1) is 0 Å². The minimum absolute atomic E-state index is 0.0180. The van der Waals surface area contributed by atoms with E-state index in [2.05, 4.69) is 0 Å². The van der Waals surface area contributed by atoms with Gasteiger partial charge in [0.05, 0.1) is 0 Å². The number of hydrogen-bond acceptors (Lipinski definition) is 2. The Morgan fingerprint density at radius 3 is 2.35 bits per heavy atom. The molecule has 0 spiro atoms. The van der Waals surface area contributed by atoms with Crippen LogP contribution >= 0.6 is 23.2 Å². The molecule has 118 valence electrons. The van der Waals surface area contributed by atoms with E-state index in [9.17, 15) is 9.90 Å². The molecular weight excluding hydrogens is 335 g/mol. The summed E-state index contributed by atoms with van der Waals surface area (Å²) in [5.74, 6) is -1.06. The Morgan fingerprint density at radius 2 is 1.78 bits per heavy atom. The van der Waals surface area contributed by atoms with Gasteiger partial charge >= 0.3 is 5.97 Å². The second-order valence-corrected chi connectivity index (χ2v) is 6.52. The molecule has 0 radical (unpaired) electrons. The number of fused-ring (bicyclic) bond motifs is 1. The topological polar surface area (TPSA) is 50.4 Å². The molecule has 0 saturated carbocycles. The van der Waals surface area contributed by atoms with Crippen molar-refractivity contribution in [2.24, 2.45) is 0 Å². The highest BCUT2D eigenvalue weighted by Gasteiger charge is 2.23. The number of carboxylic acids is 1. The van der Waals surface area contributed by atoms with Crippen LogP contribution in [0.2, 0.25) is 10.0 Å². The van der Waals surface area contributed by atoms with Crippen LogP contribution in [0.5, 0.6) is 0 Å². The summed E-state index contributed by atoms with van der Waals surface area (Å²) in [6, 6.07) is 10.8. The Kier molecular flexibility index (Phi) is 4.09. The van der Waals surface area contributed by atoms with Crippen molar-refractivity contribution in [1.29, 1.82) is 0 Å². The molecule has 0 atom stereocenters. The molecule has 0 bridgehead atoms. The van der Waals surface area contributed by atoms with Gasteiger partial charge in [0.25, 0.3) is 0 Å². The van der Waals surface area contributed by atoms with E-state index in [1.807, 2.05) is 32.0 Å². The molecule has 0 amide bonds. The Morgan fingerprint density at radius 1 is 1.13 bits per heavy atom. The molecule has 3 rings (SSSR count). The zero-order valence-corrected chi connectivity index (χ0v) is 14.1. The van der Waals surface area contributed by atoms with Crippen molar-refractivity contribution in [3.8, 4) is 11.1 Å². The summed E-state index contributed by atoms with van der Waals surface area (Å²) in [7, 11) is 0. The van der Waals surface area contributed by atoms with Gasteiger partial charge < -0.3 is 9.52 Å². The van der Waals surface area contributed by atoms with E-state index < -0.39 is 5.97 Å². The van der Waals surface area contributed by atoms with Crippen molar-refractivity contribution in [3.63, 3.8) is 0 Å². The Labute approximate surface area is 143 Å². The van der Waals surface area contributed by atoms with Crippen molar-refractivity contribution in [2.45, 2.75) is 19.8 Å². The molecule has 2 aromatic carbocycles. The Bertz CT molecular complexity index is 890. The molecule has 5 heteroatoms. The second kappa shape index (κ2) is 5.91. The largest absolute Gasteiger partial charge is 0.475 e. The van der Waals surface area contributed by atoms with Crippen LogP contribution in [0.25, 0.3) is 22.1 Å². The van der Waals surface area contributed by atoms with E-state index >= 15 is 0 Å². The van der Waals surface area contributed by atoms with E-state index in [4.69, 9.17) is 27.6 Å². The van der Waals surface area contributed by atoms with E-state index in [1.165, 1.54) is 0 Å². The molecule has 0 unspecified atom stereocenters. The van der Waals surface area contributed by atoms with Crippen molar-refractivity contribution in [1.82, 2.24) is 0 Å². The van der Waals surface area contributed by atoms with Crippen LogP contribution in [-0.4, -0.2) is 11.1 Å². The van der Waals surface area contributed by atoms with Gasteiger partial charge in [-0.3, -0.25) is 0 Å². The van der Waals surface area contributed by atoms with Crippen molar-refractivity contribution >= 4 is 40.1 Å². The fourth-order valence-corrected chi connectivity index (χ4v) is 3.33. The van der Waals surface area contributed by atoms with Crippen molar-refractivity contribution in [2.75, 3.05) is 0 Å². The predicted octanol–water partition coefficient (Wildman–Crippen LogP) is 6.23. The molecule has 1 heterocycles. The molecule has 0 aliphatic heterocycles. The third-order valence-corrected chi connectivity index (χ3v) is 4.14. The van der Waals surface area contributed by atoms with Crippen molar-refractivity contribution in [3.05, 3.63) is 57.8 Å². The number of furan rings is 1. The van der Waals surface area contributed by atoms with Crippen LogP contribution in [-0.2, 0) is 0 Å². The predicted molar refractivity (Wildman–Crippen MR) is 92.7 cm³/mol. The third-order valence-electron chi connectivity index (χ3n) is 3.70. The number of halogens is 2. The zero-order valence-electron chi connectivity index (χ0n) is 12.6. The summed E-state index contributed by atoms with van der Waals surface area (Å²) in [4.78, 5) is 11.5. The summed E-state index contributed by atoms with van der Waals surface area (Å²) >= 11 is 12.2. The fourth-order valence-electron chi connectivity index (χ4n) is 2.81. The molecule has 1 aromatic heterocycles. The third kappa shape index (κ3) is 2.82. The van der Waals surface area contributed by atoms with Gasteiger partial charge in [-0.05, 0) is 29.7 Å².